The molecule has 0 bridgehead atoms. The maximum atomic E-state index is 12.4. The zero-order valence-electron chi connectivity index (χ0n) is 14.3. The Balaban J connectivity index is 1.53. The zero-order valence-corrected chi connectivity index (χ0v) is 15.8. The fourth-order valence-electron chi connectivity index (χ4n) is 3.15. The van der Waals surface area contributed by atoms with Crippen LogP contribution in [0.25, 0.3) is 0 Å². The molecule has 0 saturated heterocycles. The van der Waals surface area contributed by atoms with Gasteiger partial charge in [-0.25, -0.2) is 9.97 Å². The summed E-state index contributed by atoms with van der Waals surface area (Å²) in [5.74, 6) is 0.267. The van der Waals surface area contributed by atoms with Gasteiger partial charge in [-0.2, -0.15) is 0 Å². The van der Waals surface area contributed by atoms with Crippen LogP contribution >= 0.6 is 23.2 Å². The molecule has 3 aromatic rings. The minimum absolute atomic E-state index is 0.320. The Bertz CT molecular complexity index is 971. The van der Waals surface area contributed by atoms with Crippen LogP contribution < -0.4 is 10.2 Å². The van der Waals surface area contributed by atoms with Gasteiger partial charge in [0.15, 0.2) is 0 Å². The predicted molar refractivity (Wildman–Crippen MR) is 108 cm³/mol. The lowest BCUT2D eigenvalue weighted by molar-refractivity contribution is 0.102. The van der Waals surface area contributed by atoms with Crippen LogP contribution in [0.5, 0.6) is 0 Å². The van der Waals surface area contributed by atoms with Crippen LogP contribution in [0.2, 0.25) is 10.0 Å². The Morgan fingerprint density at radius 3 is 2.48 bits per heavy atom. The third kappa shape index (κ3) is 3.89. The van der Waals surface area contributed by atoms with E-state index in [1.165, 1.54) is 18.0 Å². The number of nitrogens with zero attached hydrogens (tertiary/aromatic N) is 3. The van der Waals surface area contributed by atoms with Gasteiger partial charge in [0.05, 0.1) is 5.56 Å². The van der Waals surface area contributed by atoms with Crippen molar-refractivity contribution in [1.82, 2.24) is 9.97 Å². The summed E-state index contributed by atoms with van der Waals surface area (Å²) in [6, 6.07) is 13.1. The molecule has 1 aliphatic heterocycles. The molecule has 0 aliphatic carbocycles. The molecule has 0 unspecified atom stereocenters. The minimum Gasteiger partial charge on any atom is -0.322 e. The molecule has 2 heterocycles. The van der Waals surface area contributed by atoms with Crippen molar-refractivity contribution in [3.8, 4) is 0 Å². The van der Waals surface area contributed by atoms with Gasteiger partial charge < -0.3 is 10.2 Å². The largest absolute Gasteiger partial charge is 0.322 e. The van der Waals surface area contributed by atoms with E-state index in [9.17, 15) is 4.79 Å². The van der Waals surface area contributed by atoms with E-state index in [1.807, 2.05) is 12.1 Å². The Morgan fingerprint density at radius 1 is 1.04 bits per heavy atom. The molecule has 1 aromatic heterocycles. The van der Waals surface area contributed by atoms with Crippen LogP contribution in [0.4, 0.5) is 17.3 Å². The Hall–Kier alpha value is -2.63. The Labute approximate surface area is 167 Å². The van der Waals surface area contributed by atoms with E-state index in [2.05, 4.69) is 32.3 Å². The number of nitrogens with one attached hydrogen (secondary N) is 1. The summed E-state index contributed by atoms with van der Waals surface area (Å²) in [7, 11) is 0. The van der Waals surface area contributed by atoms with Gasteiger partial charge in [0.2, 0.25) is 5.95 Å². The van der Waals surface area contributed by atoms with Crippen molar-refractivity contribution in [3.05, 3.63) is 76.0 Å². The first kappa shape index (κ1) is 17.8. The molecule has 2 aromatic carbocycles. The molecule has 0 fully saturated rings. The summed E-state index contributed by atoms with van der Waals surface area (Å²) in [5.41, 5.74) is 3.29. The average Bonchev–Trinajstić information content (AvgIpc) is 2.67. The maximum absolute atomic E-state index is 12.4. The molecule has 0 saturated carbocycles. The van der Waals surface area contributed by atoms with Crippen molar-refractivity contribution in [2.75, 3.05) is 16.8 Å². The SMILES string of the molecule is O=C(Nc1cc(Cl)cc(Cl)c1)c1cnc(N2CCCc3ccccc32)nc1. The molecule has 4 rings (SSSR count). The lowest BCUT2D eigenvalue weighted by Crippen LogP contribution is -2.26. The first-order valence-electron chi connectivity index (χ1n) is 8.55. The number of para-hydroxylation sites is 1. The second kappa shape index (κ2) is 7.55. The number of rotatable bonds is 3. The lowest BCUT2D eigenvalue weighted by atomic mass is 10.0. The predicted octanol–water partition coefficient (Wildman–Crippen LogP) is 5.12. The van der Waals surface area contributed by atoms with Crippen LogP contribution in [0, 0.1) is 0 Å². The first-order chi connectivity index (χ1) is 13.1. The molecule has 27 heavy (non-hydrogen) atoms. The normalized spacial score (nSPS) is 13.2. The summed E-state index contributed by atoms with van der Waals surface area (Å²) in [5, 5.41) is 3.66. The molecule has 1 N–H and O–H groups in total. The van der Waals surface area contributed by atoms with Gasteiger partial charge in [-0.1, -0.05) is 41.4 Å². The summed E-state index contributed by atoms with van der Waals surface area (Å²) < 4.78 is 0. The van der Waals surface area contributed by atoms with E-state index in [0.717, 1.165) is 25.1 Å². The average molecular weight is 399 g/mol. The molecular weight excluding hydrogens is 383 g/mol. The van der Waals surface area contributed by atoms with Crippen molar-refractivity contribution >= 4 is 46.4 Å². The smallest absolute Gasteiger partial charge is 0.258 e. The highest BCUT2D eigenvalue weighted by atomic mass is 35.5. The van der Waals surface area contributed by atoms with Crippen molar-refractivity contribution in [1.29, 1.82) is 0 Å². The maximum Gasteiger partial charge on any atom is 0.258 e. The molecule has 0 radical (unpaired) electrons. The number of fused-ring (bicyclic) bond motifs is 1. The second-order valence-corrected chi connectivity index (χ2v) is 7.14. The van der Waals surface area contributed by atoms with Crippen LogP contribution in [-0.4, -0.2) is 22.4 Å². The van der Waals surface area contributed by atoms with Gasteiger partial charge >= 0.3 is 0 Å². The third-order valence-corrected chi connectivity index (χ3v) is 4.81. The number of benzene rings is 2. The van der Waals surface area contributed by atoms with Crippen molar-refractivity contribution < 1.29 is 4.79 Å². The van der Waals surface area contributed by atoms with E-state index < -0.39 is 0 Å². The van der Waals surface area contributed by atoms with Gasteiger partial charge in [-0.15, -0.1) is 0 Å². The van der Waals surface area contributed by atoms with Gasteiger partial charge in [-0.05, 0) is 42.7 Å². The molecular formula is C20H16Cl2N4O. The zero-order chi connectivity index (χ0) is 18.8. The summed E-state index contributed by atoms with van der Waals surface area (Å²) in [4.78, 5) is 23.3. The highest BCUT2D eigenvalue weighted by Gasteiger charge is 2.20. The first-order valence-corrected chi connectivity index (χ1v) is 9.31. The molecule has 0 spiro atoms. The number of halogens is 2. The number of anilines is 3. The number of aryl methyl sites for hydroxylation is 1. The van der Waals surface area contributed by atoms with E-state index in [0.29, 0.717) is 27.2 Å². The summed E-state index contributed by atoms with van der Waals surface area (Å²) in [6.45, 7) is 0.851. The molecule has 1 amide bonds. The molecule has 0 atom stereocenters. The number of amides is 1. The van der Waals surface area contributed by atoms with Crippen LogP contribution in [0.3, 0.4) is 0 Å². The fourth-order valence-corrected chi connectivity index (χ4v) is 3.67. The second-order valence-electron chi connectivity index (χ2n) is 6.27. The molecule has 136 valence electrons. The van der Waals surface area contributed by atoms with Gasteiger partial charge in [-0.3, -0.25) is 4.79 Å². The number of hydrogen-bond donors (Lipinski definition) is 1. The van der Waals surface area contributed by atoms with Crippen LogP contribution in [0.1, 0.15) is 22.3 Å². The standard InChI is InChI=1S/C20H16Cl2N4O/c21-15-8-16(22)10-17(9-15)25-19(27)14-11-23-20(24-12-14)26-7-3-5-13-4-1-2-6-18(13)26/h1-2,4,6,8-12H,3,5,7H2,(H,25,27). The van der Waals surface area contributed by atoms with Crippen molar-refractivity contribution in [2.45, 2.75) is 12.8 Å². The van der Waals surface area contributed by atoms with Crippen LogP contribution in [-0.2, 0) is 6.42 Å². The van der Waals surface area contributed by atoms with E-state index in [4.69, 9.17) is 23.2 Å². The quantitative estimate of drug-likeness (QED) is 0.664. The number of carbonyl (C=O) groups is 1. The van der Waals surface area contributed by atoms with Gasteiger partial charge in [0.25, 0.3) is 5.91 Å². The van der Waals surface area contributed by atoms with Gasteiger partial charge in [0.1, 0.15) is 0 Å². The van der Waals surface area contributed by atoms with Gasteiger partial charge in [0, 0.05) is 40.4 Å². The highest BCUT2D eigenvalue weighted by molar-refractivity contribution is 6.35. The summed E-state index contributed by atoms with van der Waals surface area (Å²) >= 11 is 11.9. The summed E-state index contributed by atoms with van der Waals surface area (Å²) in [6.07, 6.45) is 5.15. The molecule has 1 aliphatic rings. The van der Waals surface area contributed by atoms with E-state index >= 15 is 0 Å². The molecule has 7 heteroatoms. The van der Waals surface area contributed by atoms with E-state index in [-0.39, 0.29) is 5.91 Å². The number of hydrogen-bond acceptors (Lipinski definition) is 4. The number of carbonyl (C=O) groups excluding carboxylic acids is 1. The van der Waals surface area contributed by atoms with Crippen molar-refractivity contribution in [3.63, 3.8) is 0 Å². The highest BCUT2D eigenvalue weighted by Crippen LogP contribution is 2.31. The number of aromatic nitrogens is 2. The minimum atomic E-state index is -0.320. The molecule has 5 nitrogen and oxygen atoms in total. The fraction of sp³-hybridized carbons (Fsp3) is 0.150. The third-order valence-electron chi connectivity index (χ3n) is 4.37. The Morgan fingerprint density at radius 2 is 1.74 bits per heavy atom. The van der Waals surface area contributed by atoms with Crippen LogP contribution in [0.15, 0.2) is 54.9 Å². The Kier molecular flexibility index (Phi) is 4.97. The van der Waals surface area contributed by atoms with E-state index in [1.54, 1.807) is 18.2 Å². The topological polar surface area (TPSA) is 58.1 Å². The monoisotopic (exact) mass is 398 g/mol. The lowest BCUT2D eigenvalue weighted by Gasteiger charge is -2.29. The van der Waals surface area contributed by atoms with Crippen molar-refractivity contribution in [2.24, 2.45) is 0 Å².